The highest BCUT2D eigenvalue weighted by atomic mass is 32.2. The molecule has 2 aromatic heterocycles. The first kappa shape index (κ1) is 21.3. The van der Waals surface area contributed by atoms with Gasteiger partial charge in [0.25, 0.3) is 5.56 Å². The Labute approximate surface area is 206 Å². The second kappa shape index (κ2) is 8.85. The molecule has 4 nitrogen and oxygen atoms in total. The molecule has 6 rings (SSSR count). The molecule has 0 radical (unpaired) electrons. The van der Waals surface area contributed by atoms with E-state index >= 15 is 0 Å². The Morgan fingerprint density at radius 1 is 0.714 bits per heavy atom. The lowest BCUT2D eigenvalue weighted by atomic mass is 9.97. The van der Waals surface area contributed by atoms with Gasteiger partial charge in [-0.1, -0.05) is 103 Å². The number of rotatable bonds is 4. The Hall–Kier alpha value is -4.22. The molecule has 0 aliphatic rings. The Morgan fingerprint density at radius 2 is 1.40 bits per heavy atom. The molecule has 0 unspecified atom stereocenters. The Balaban J connectivity index is 1.73. The van der Waals surface area contributed by atoms with Crippen LogP contribution in [0, 0.1) is 0 Å². The van der Waals surface area contributed by atoms with Gasteiger partial charge in [0.1, 0.15) is 0 Å². The lowest BCUT2D eigenvalue weighted by Crippen LogP contribution is -2.21. The lowest BCUT2D eigenvalue weighted by molar-refractivity contribution is 0.946. The van der Waals surface area contributed by atoms with Gasteiger partial charge in [-0.2, -0.15) is 0 Å². The third kappa shape index (κ3) is 3.70. The van der Waals surface area contributed by atoms with E-state index < -0.39 is 0 Å². The monoisotopic (exact) mass is 471 g/mol. The van der Waals surface area contributed by atoms with Crippen molar-refractivity contribution in [3.05, 3.63) is 120 Å². The van der Waals surface area contributed by atoms with E-state index in [0.717, 1.165) is 38.7 Å². The zero-order chi connectivity index (χ0) is 23.8. The average molecular weight is 472 g/mol. The Bertz CT molecular complexity index is 1750. The van der Waals surface area contributed by atoms with E-state index in [1.165, 1.54) is 11.8 Å². The number of benzene rings is 4. The van der Waals surface area contributed by atoms with Gasteiger partial charge in [-0.3, -0.25) is 9.36 Å². The number of fused-ring (bicyclic) bond motifs is 3. The summed E-state index contributed by atoms with van der Waals surface area (Å²) >= 11 is 1.46. The van der Waals surface area contributed by atoms with E-state index in [1.807, 2.05) is 97.4 Å². The van der Waals surface area contributed by atoms with Crippen LogP contribution in [0.15, 0.2) is 119 Å². The van der Waals surface area contributed by atoms with Gasteiger partial charge < -0.3 is 0 Å². The average Bonchev–Trinajstić information content (AvgIpc) is 2.93. The summed E-state index contributed by atoms with van der Waals surface area (Å²) in [6.07, 6.45) is 3.77. The number of aromatic nitrogens is 3. The summed E-state index contributed by atoms with van der Waals surface area (Å²) in [7, 11) is 0. The van der Waals surface area contributed by atoms with Crippen LogP contribution in [0.4, 0.5) is 0 Å². The molecule has 0 saturated carbocycles. The number of thioether (sulfide) groups is 1. The molecule has 35 heavy (non-hydrogen) atoms. The minimum Gasteiger partial charge on any atom is -0.268 e. The molecule has 5 heteroatoms. The summed E-state index contributed by atoms with van der Waals surface area (Å²) in [5.74, 6) is 0. The summed E-state index contributed by atoms with van der Waals surface area (Å²) in [4.78, 5) is 23.6. The number of pyridine rings is 1. The van der Waals surface area contributed by atoms with E-state index in [4.69, 9.17) is 4.98 Å². The van der Waals surface area contributed by atoms with Crippen LogP contribution in [-0.4, -0.2) is 20.8 Å². The van der Waals surface area contributed by atoms with E-state index in [1.54, 1.807) is 4.57 Å². The second-order valence-corrected chi connectivity index (χ2v) is 9.02. The number of hydrogen-bond acceptors (Lipinski definition) is 4. The normalized spacial score (nSPS) is 11.2. The van der Waals surface area contributed by atoms with Crippen LogP contribution in [0.1, 0.15) is 0 Å². The van der Waals surface area contributed by atoms with Crippen molar-refractivity contribution in [2.75, 3.05) is 6.26 Å². The van der Waals surface area contributed by atoms with Gasteiger partial charge in [0.2, 0.25) is 0 Å². The van der Waals surface area contributed by atoms with Crippen LogP contribution in [0.3, 0.4) is 0 Å². The Kier molecular flexibility index (Phi) is 5.39. The SMILES string of the molecule is CSc1ncc2c3cccc(-c4ccccc4)c3c(=O)n(-c3cccc(-c4ccccc4)c3)c2n1. The van der Waals surface area contributed by atoms with E-state index in [-0.39, 0.29) is 5.56 Å². The molecule has 4 aromatic carbocycles. The largest absolute Gasteiger partial charge is 0.268 e. The highest BCUT2D eigenvalue weighted by molar-refractivity contribution is 7.98. The first-order valence-electron chi connectivity index (χ1n) is 11.3. The first-order valence-corrected chi connectivity index (χ1v) is 12.6. The van der Waals surface area contributed by atoms with Crippen molar-refractivity contribution in [2.45, 2.75) is 5.16 Å². The minimum atomic E-state index is -0.0945. The van der Waals surface area contributed by atoms with Crippen LogP contribution >= 0.6 is 11.8 Å². The fourth-order valence-corrected chi connectivity index (χ4v) is 4.92. The topological polar surface area (TPSA) is 47.8 Å². The molecule has 0 spiro atoms. The predicted octanol–water partition coefficient (Wildman–Crippen LogP) is 6.99. The van der Waals surface area contributed by atoms with Crippen LogP contribution in [0.25, 0.3) is 49.7 Å². The van der Waals surface area contributed by atoms with E-state index in [9.17, 15) is 4.79 Å². The summed E-state index contributed by atoms with van der Waals surface area (Å²) in [5.41, 5.74) is 5.32. The molecule has 6 aromatic rings. The Morgan fingerprint density at radius 3 is 2.14 bits per heavy atom. The van der Waals surface area contributed by atoms with Crippen molar-refractivity contribution in [2.24, 2.45) is 0 Å². The van der Waals surface area contributed by atoms with Gasteiger partial charge in [-0.05, 0) is 40.6 Å². The predicted molar refractivity (Wildman–Crippen MR) is 145 cm³/mol. The third-order valence-corrected chi connectivity index (χ3v) is 6.77. The van der Waals surface area contributed by atoms with Gasteiger partial charge in [0, 0.05) is 17.0 Å². The zero-order valence-corrected chi connectivity index (χ0v) is 19.9. The van der Waals surface area contributed by atoms with Gasteiger partial charge in [0.05, 0.1) is 11.1 Å². The van der Waals surface area contributed by atoms with Crippen molar-refractivity contribution >= 4 is 33.6 Å². The second-order valence-electron chi connectivity index (χ2n) is 8.25. The quantitative estimate of drug-likeness (QED) is 0.158. The highest BCUT2D eigenvalue weighted by Crippen LogP contribution is 2.32. The molecule has 0 atom stereocenters. The van der Waals surface area contributed by atoms with Crippen LogP contribution < -0.4 is 5.56 Å². The van der Waals surface area contributed by atoms with Gasteiger partial charge in [-0.25, -0.2) is 9.97 Å². The standard InChI is InChI=1S/C30H21N3OS/c1-35-30-31-19-26-25-17-9-16-24(21-12-6-3-7-13-21)27(25)29(34)33(28(26)32-30)23-15-8-14-22(18-23)20-10-4-2-5-11-20/h2-19H,1H3. The molecule has 0 saturated heterocycles. The fourth-order valence-electron chi connectivity index (χ4n) is 4.58. The lowest BCUT2D eigenvalue weighted by Gasteiger charge is -2.16. The first-order chi connectivity index (χ1) is 17.2. The molecule has 168 valence electrons. The van der Waals surface area contributed by atoms with Crippen LogP contribution in [0.2, 0.25) is 0 Å². The third-order valence-electron chi connectivity index (χ3n) is 6.21. The molecule has 0 aliphatic carbocycles. The van der Waals surface area contributed by atoms with E-state index in [0.29, 0.717) is 16.2 Å². The number of nitrogens with zero attached hydrogens (tertiary/aromatic N) is 3. The molecule has 0 bridgehead atoms. The molecular weight excluding hydrogens is 450 g/mol. The fraction of sp³-hybridized carbons (Fsp3) is 0.0333. The molecule has 0 fully saturated rings. The van der Waals surface area contributed by atoms with Crippen molar-refractivity contribution in [1.82, 2.24) is 14.5 Å². The zero-order valence-electron chi connectivity index (χ0n) is 19.1. The molecule has 0 N–H and O–H groups in total. The summed E-state index contributed by atoms with van der Waals surface area (Å²) in [6.45, 7) is 0. The van der Waals surface area contributed by atoms with Gasteiger partial charge in [0.15, 0.2) is 10.8 Å². The molecule has 0 aliphatic heterocycles. The minimum absolute atomic E-state index is 0.0945. The van der Waals surface area contributed by atoms with Crippen molar-refractivity contribution in [3.63, 3.8) is 0 Å². The van der Waals surface area contributed by atoms with Crippen LogP contribution in [-0.2, 0) is 0 Å². The van der Waals surface area contributed by atoms with Crippen molar-refractivity contribution in [1.29, 1.82) is 0 Å². The maximum Gasteiger partial charge on any atom is 0.265 e. The maximum absolute atomic E-state index is 14.3. The number of hydrogen-bond donors (Lipinski definition) is 0. The summed E-state index contributed by atoms with van der Waals surface area (Å²) < 4.78 is 1.73. The smallest absolute Gasteiger partial charge is 0.265 e. The molecule has 2 heterocycles. The van der Waals surface area contributed by atoms with Crippen molar-refractivity contribution in [3.8, 4) is 27.9 Å². The molecular formula is C30H21N3OS. The molecule has 0 amide bonds. The maximum atomic E-state index is 14.3. The van der Waals surface area contributed by atoms with Gasteiger partial charge in [-0.15, -0.1) is 0 Å². The summed E-state index contributed by atoms with van der Waals surface area (Å²) in [5, 5.41) is 3.00. The van der Waals surface area contributed by atoms with Crippen LogP contribution in [0.5, 0.6) is 0 Å². The van der Waals surface area contributed by atoms with Gasteiger partial charge >= 0.3 is 0 Å². The van der Waals surface area contributed by atoms with E-state index in [2.05, 4.69) is 23.2 Å². The highest BCUT2D eigenvalue weighted by Gasteiger charge is 2.18. The van der Waals surface area contributed by atoms with Crippen molar-refractivity contribution < 1.29 is 0 Å². The summed E-state index contributed by atoms with van der Waals surface area (Å²) in [6, 6.07) is 34.3.